The van der Waals surface area contributed by atoms with Crippen molar-refractivity contribution in [3.8, 4) is 17.2 Å². The van der Waals surface area contributed by atoms with Crippen molar-refractivity contribution < 1.29 is 34.2 Å². The Bertz CT molecular complexity index is 1040. The maximum atomic E-state index is 12.9. The lowest BCUT2D eigenvalue weighted by molar-refractivity contribution is -0.143. The Morgan fingerprint density at radius 3 is 2.19 bits per heavy atom. The summed E-state index contributed by atoms with van der Waals surface area (Å²) in [5.74, 6) is -1.97. The molecular weight excluding hydrogens is 569 g/mol. The molecule has 0 bridgehead atoms. The summed E-state index contributed by atoms with van der Waals surface area (Å²) in [6.07, 6.45) is 0. The fraction of sp³-hybridized carbons (Fsp3) is 0.333. The van der Waals surface area contributed by atoms with Crippen LogP contribution in [0.3, 0.4) is 0 Å². The van der Waals surface area contributed by atoms with Crippen LogP contribution in [0.1, 0.15) is 36.7 Å². The first-order valence-electron chi connectivity index (χ1n) is 9.37. The van der Waals surface area contributed by atoms with Gasteiger partial charge in [0.1, 0.15) is 17.5 Å². The van der Waals surface area contributed by atoms with Crippen LogP contribution in [0.15, 0.2) is 39.3 Å². The van der Waals surface area contributed by atoms with Gasteiger partial charge >= 0.3 is 5.97 Å². The molecule has 172 valence electrons. The second kappa shape index (κ2) is 10.3. The van der Waals surface area contributed by atoms with E-state index in [1.54, 1.807) is 26.0 Å². The maximum Gasteiger partial charge on any atom is 0.326 e. The average molecular weight is 591 g/mol. The molecule has 2 rings (SSSR count). The number of phenolic OH excluding ortho intramolecular Hbond substituents is 1. The highest BCUT2D eigenvalue weighted by Gasteiger charge is 2.31. The summed E-state index contributed by atoms with van der Waals surface area (Å²) in [5, 5.41) is 28.3. The van der Waals surface area contributed by atoms with Crippen LogP contribution in [0.4, 0.5) is 0 Å². The number of nitrogens with zero attached hydrogens (tertiary/aromatic N) is 1. The fourth-order valence-corrected chi connectivity index (χ4v) is 4.65. The Morgan fingerprint density at radius 2 is 1.72 bits per heavy atom. The topological polar surface area (TPSA) is 124 Å². The number of phenols is 1. The normalized spacial score (nSPS) is 14.1. The molecule has 2 unspecified atom stereocenters. The molecule has 0 aliphatic carbocycles. The van der Waals surface area contributed by atoms with Gasteiger partial charge in [0.05, 0.1) is 14.5 Å². The molecule has 0 fully saturated rings. The number of carboxylic acid groups (broad SMARTS) is 1. The zero-order valence-electron chi connectivity index (χ0n) is 17.7. The number of ether oxygens (including phenoxy) is 1. The summed E-state index contributed by atoms with van der Waals surface area (Å²) >= 11 is 6.70. The first-order chi connectivity index (χ1) is 14.8. The summed E-state index contributed by atoms with van der Waals surface area (Å²) < 4.78 is 18.0. The lowest BCUT2D eigenvalue weighted by Gasteiger charge is -2.28. The molecule has 0 aliphatic rings. The first-order valence-corrected chi connectivity index (χ1v) is 11.8. The molecule has 1 amide bonds. The van der Waals surface area contributed by atoms with E-state index in [4.69, 9.17) is 4.74 Å². The third-order valence-electron chi connectivity index (χ3n) is 4.76. The van der Waals surface area contributed by atoms with Gasteiger partial charge in [0.2, 0.25) is 0 Å². The maximum absolute atomic E-state index is 12.9. The van der Waals surface area contributed by atoms with E-state index in [1.165, 1.54) is 32.2 Å². The van der Waals surface area contributed by atoms with Crippen molar-refractivity contribution in [2.75, 3.05) is 7.05 Å². The minimum Gasteiger partial charge on any atom is -0.507 e. The van der Waals surface area contributed by atoms with Crippen molar-refractivity contribution in [1.82, 2.24) is 4.90 Å². The van der Waals surface area contributed by atoms with Gasteiger partial charge in [0.25, 0.3) is 5.91 Å². The quantitative estimate of drug-likeness (QED) is 0.354. The van der Waals surface area contributed by atoms with E-state index in [2.05, 4.69) is 31.9 Å². The van der Waals surface area contributed by atoms with Crippen LogP contribution in [0.25, 0.3) is 0 Å². The number of aromatic hydroxyl groups is 1. The molecule has 0 aliphatic heterocycles. The standard InChI is InChI=1S/C21H22Br2NO7P/c1-10(2)17(20(27)28)24(4)19(26)13-9-12(5-6-16(13)25)31-18-14(22)7-11(8-15(18)23)21(3,29)32-30/h5-10,17,25,29H,1-4H3,(H,27,28). The SMILES string of the molecule is CC(C)C(C(=O)O)N(C)C(=O)c1cc(Oc2c(Br)cc(C(C)(O)P=O)cc2Br)ccc1O. The molecule has 0 saturated carbocycles. The monoisotopic (exact) mass is 589 g/mol. The van der Waals surface area contributed by atoms with Crippen molar-refractivity contribution >= 4 is 52.2 Å². The van der Waals surface area contributed by atoms with Crippen molar-refractivity contribution in [2.24, 2.45) is 5.92 Å². The molecule has 0 spiro atoms. The van der Waals surface area contributed by atoms with Gasteiger partial charge in [-0.2, -0.15) is 0 Å². The van der Waals surface area contributed by atoms with Crippen LogP contribution in [0, 0.1) is 5.92 Å². The van der Waals surface area contributed by atoms with Crippen LogP contribution in [0.5, 0.6) is 17.2 Å². The number of carbonyl (C=O) groups excluding carboxylic acids is 1. The Hall–Kier alpha value is -2.00. The third kappa shape index (κ3) is 5.67. The van der Waals surface area contributed by atoms with Crippen molar-refractivity contribution in [2.45, 2.75) is 32.2 Å². The van der Waals surface area contributed by atoms with Crippen molar-refractivity contribution in [1.29, 1.82) is 0 Å². The number of amides is 1. The molecule has 3 N–H and O–H groups in total. The molecule has 32 heavy (non-hydrogen) atoms. The van der Waals surface area contributed by atoms with E-state index in [0.29, 0.717) is 20.3 Å². The molecule has 11 heteroatoms. The number of aliphatic carboxylic acids is 1. The van der Waals surface area contributed by atoms with Crippen LogP contribution < -0.4 is 4.74 Å². The summed E-state index contributed by atoms with van der Waals surface area (Å²) in [6, 6.07) is 6.06. The van der Waals surface area contributed by atoms with E-state index in [-0.39, 0.29) is 23.0 Å². The second-order valence-electron chi connectivity index (χ2n) is 7.61. The highest BCUT2D eigenvalue weighted by atomic mass is 79.9. The zero-order valence-corrected chi connectivity index (χ0v) is 21.7. The van der Waals surface area contributed by atoms with Gasteiger partial charge in [0, 0.05) is 7.05 Å². The first kappa shape index (κ1) is 26.3. The number of benzene rings is 2. The highest BCUT2D eigenvalue weighted by molar-refractivity contribution is 9.11. The number of halogens is 2. The second-order valence-corrected chi connectivity index (χ2v) is 10.4. The molecule has 8 nitrogen and oxygen atoms in total. The van der Waals surface area contributed by atoms with E-state index >= 15 is 0 Å². The molecule has 2 aromatic carbocycles. The molecule has 2 aromatic rings. The Kier molecular flexibility index (Phi) is 8.44. The largest absolute Gasteiger partial charge is 0.507 e. The van der Waals surface area contributed by atoms with Crippen molar-refractivity contribution in [3.05, 3.63) is 50.4 Å². The number of carbonyl (C=O) groups is 2. The van der Waals surface area contributed by atoms with E-state index < -0.39 is 31.7 Å². The van der Waals surface area contributed by atoms with E-state index in [0.717, 1.165) is 4.90 Å². The molecule has 0 saturated heterocycles. The predicted molar refractivity (Wildman–Crippen MR) is 126 cm³/mol. The summed E-state index contributed by atoms with van der Waals surface area (Å²) in [5.41, 5.74) is 0.255. The van der Waals surface area contributed by atoms with Gasteiger partial charge in [-0.15, -0.1) is 0 Å². The fourth-order valence-electron chi connectivity index (χ4n) is 3.07. The number of hydrogen-bond donors (Lipinski definition) is 3. The minimum absolute atomic E-state index is 0.117. The van der Waals surface area contributed by atoms with Gasteiger partial charge in [-0.25, -0.2) is 4.79 Å². The molecular formula is C21H22Br2NO7P. The van der Waals surface area contributed by atoms with E-state index in [1.807, 2.05) is 0 Å². The molecule has 2 atom stereocenters. The van der Waals surface area contributed by atoms with Crippen LogP contribution >= 0.6 is 40.3 Å². The lowest BCUT2D eigenvalue weighted by Crippen LogP contribution is -2.45. The summed E-state index contributed by atoms with van der Waals surface area (Å²) in [4.78, 5) is 25.6. The van der Waals surface area contributed by atoms with Gasteiger partial charge < -0.3 is 25.0 Å². The van der Waals surface area contributed by atoms with Gasteiger partial charge in [0.15, 0.2) is 19.6 Å². The van der Waals surface area contributed by atoms with Gasteiger partial charge in [-0.05, 0) is 80.6 Å². The number of aliphatic hydroxyl groups is 1. The lowest BCUT2D eigenvalue weighted by atomic mass is 10.0. The Morgan fingerprint density at radius 1 is 1.16 bits per heavy atom. The summed E-state index contributed by atoms with van der Waals surface area (Å²) in [6.45, 7) is 4.76. The number of carboxylic acids is 1. The average Bonchev–Trinajstić information content (AvgIpc) is 2.70. The van der Waals surface area contributed by atoms with Crippen LogP contribution in [-0.4, -0.2) is 45.2 Å². The zero-order chi connectivity index (χ0) is 24.4. The highest BCUT2D eigenvalue weighted by Crippen LogP contribution is 2.43. The Labute approximate surface area is 203 Å². The number of hydrogen-bond acceptors (Lipinski definition) is 6. The van der Waals surface area contributed by atoms with Crippen molar-refractivity contribution in [3.63, 3.8) is 0 Å². The molecule has 0 aromatic heterocycles. The van der Waals surface area contributed by atoms with Gasteiger partial charge in [-0.1, -0.05) is 13.8 Å². The van der Waals surface area contributed by atoms with Crippen LogP contribution in [-0.2, 0) is 14.7 Å². The summed E-state index contributed by atoms with van der Waals surface area (Å²) in [7, 11) is 0.890. The third-order valence-corrected chi connectivity index (χ3v) is 6.56. The smallest absolute Gasteiger partial charge is 0.326 e. The molecule has 0 heterocycles. The van der Waals surface area contributed by atoms with Crippen LogP contribution in [0.2, 0.25) is 0 Å². The van der Waals surface area contributed by atoms with Gasteiger partial charge in [-0.3, -0.25) is 9.36 Å². The predicted octanol–water partition coefficient (Wildman–Crippen LogP) is 5.35. The van der Waals surface area contributed by atoms with E-state index in [9.17, 15) is 29.5 Å². The number of likely N-dealkylation sites (N-methyl/N-ethyl adjacent to an activating group) is 1. The minimum atomic E-state index is -1.59. The molecule has 0 radical (unpaired) electrons. The Balaban J connectivity index is 2.41. The number of rotatable bonds is 8.